The Labute approximate surface area is 119 Å². The molecule has 0 saturated carbocycles. The highest BCUT2D eigenvalue weighted by atomic mass is 16.7. The Balaban J connectivity index is 1.82. The van der Waals surface area contributed by atoms with Crippen LogP contribution in [0.5, 0.6) is 11.5 Å². The van der Waals surface area contributed by atoms with Gasteiger partial charge in [-0.3, -0.25) is 0 Å². The molecule has 1 fully saturated rings. The highest BCUT2D eigenvalue weighted by Crippen LogP contribution is 2.41. The summed E-state index contributed by atoms with van der Waals surface area (Å²) >= 11 is 0. The summed E-state index contributed by atoms with van der Waals surface area (Å²) in [4.78, 5) is 0. The van der Waals surface area contributed by atoms with Crippen LogP contribution in [-0.2, 0) is 9.31 Å². The zero-order chi connectivity index (χ0) is 14.5. The van der Waals surface area contributed by atoms with Crippen molar-refractivity contribution in [3.05, 3.63) is 23.8 Å². The fourth-order valence-electron chi connectivity index (χ4n) is 2.31. The standard InChI is InChI=1S/C14H20BNO4/c1-13(2)14(3,4)20-15(19-13)12(16)9-5-6-10-11(7-9)18-8-17-10/h5-7,12H,8,16H2,1-4H3/t12-/m1/s1. The van der Waals surface area contributed by atoms with Gasteiger partial charge in [-0.1, -0.05) is 6.07 Å². The molecule has 1 aromatic rings. The van der Waals surface area contributed by atoms with Crippen LogP contribution in [0.1, 0.15) is 39.2 Å². The highest BCUT2D eigenvalue weighted by molar-refractivity contribution is 6.47. The lowest BCUT2D eigenvalue weighted by atomic mass is 9.75. The molecule has 5 nitrogen and oxygen atoms in total. The minimum atomic E-state index is -0.472. The molecule has 6 heteroatoms. The molecule has 20 heavy (non-hydrogen) atoms. The van der Waals surface area contributed by atoms with Gasteiger partial charge in [0.2, 0.25) is 6.79 Å². The molecule has 1 atom stereocenters. The quantitative estimate of drug-likeness (QED) is 0.838. The van der Waals surface area contributed by atoms with Gasteiger partial charge in [0.25, 0.3) is 0 Å². The van der Waals surface area contributed by atoms with Gasteiger partial charge in [-0.25, -0.2) is 0 Å². The first kappa shape index (κ1) is 13.7. The van der Waals surface area contributed by atoms with Gasteiger partial charge in [0, 0.05) is 0 Å². The third-order valence-corrected chi connectivity index (χ3v) is 4.35. The van der Waals surface area contributed by atoms with Crippen LogP contribution in [0.25, 0.3) is 0 Å². The lowest BCUT2D eigenvalue weighted by Gasteiger charge is -2.32. The van der Waals surface area contributed by atoms with E-state index in [4.69, 9.17) is 24.5 Å². The van der Waals surface area contributed by atoms with E-state index in [-0.39, 0.29) is 23.9 Å². The van der Waals surface area contributed by atoms with Crippen LogP contribution in [0.15, 0.2) is 18.2 Å². The highest BCUT2D eigenvalue weighted by Gasteiger charge is 2.53. The summed E-state index contributed by atoms with van der Waals surface area (Å²) in [7, 11) is -0.472. The third-order valence-electron chi connectivity index (χ3n) is 4.35. The van der Waals surface area contributed by atoms with Crippen LogP contribution < -0.4 is 15.2 Å². The first-order valence-electron chi connectivity index (χ1n) is 6.81. The van der Waals surface area contributed by atoms with Gasteiger partial charge in [0.15, 0.2) is 11.5 Å². The predicted octanol–water partition coefficient (Wildman–Crippen LogP) is 2.05. The first-order chi connectivity index (χ1) is 9.30. The van der Waals surface area contributed by atoms with Crippen molar-refractivity contribution in [3.8, 4) is 11.5 Å². The topological polar surface area (TPSA) is 62.9 Å². The molecule has 0 radical (unpaired) electrons. The monoisotopic (exact) mass is 277 g/mol. The number of hydrogen-bond acceptors (Lipinski definition) is 5. The zero-order valence-electron chi connectivity index (χ0n) is 12.3. The Hall–Kier alpha value is -1.24. The van der Waals surface area contributed by atoms with Gasteiger partial charge < -0.3 is 24.5 Å². The molecule has 108 valence electrons. The Kier molecular flexibility index (Phi) is 3.01. The van der Waals surface area contributed by atoms with E-state index in [0.717, 1.165) is 17.1 Å². The van der Waals surface area contributed by atoms with Crippen molar-refractivity contribution in [2.24, 2.45) is 5.73 Å². The van der Waals surface area contributed by atoms with Crippen LogP contribution in [0.4, 0.5) is 0 Å². The van der Waals surface area contributed by atoms with E-state index in [1.807, 2.05) is 45.9 Å². The molecule has 2 aliphatic heterocycles. The van der Waals surface area contributed by atoms with Gasteiger partial charge >= 0.3 is 7.12 Å². The molecule has 0 aromatic heterocycles. The fourth-order valence-corrected chi connectivity index (χ4v) is 2.31. The lowest BCUT2D eigenvalue weighted by molar-refractivity contribution is 0.00578. The van der Waals surface area contributed by atoms with Crippen LogP contribution in [0.3, 0.4) is 0 Å². The predicted molar refractivity (Wildman–Crippen MR) is 75.6 cm³/mol. The fraction of sp³-hybridized carbons (Fsp3) is 0.571. The summed E-state index contributed by atoms with van der Waals surface area (Å²) in [6.07, 6.45) is 0. The summed E-state index contributed by atoms with van der Waals surface area (Å²) in [5.74, 6) is 1.09. The Morgan fingerprint density at radius 1 is 1.05 bits per heavy atom. The second-order valence-electron chi connectivity index (χ2n) is 6.26. The maximum Gasteiger partial charge on any atom is 0.480 e. The van der Waals surface area contributed by atoms with Gasteiger partial charge in [0.1, 0.15) is 0 Å². The van der Waals surface area contributed by atoms with Crippen molar-refractivity contribution in [2.45, 2.75) is 44.8 Å². The molecule has 2 N–H and O–H groups in total. The summed E-state index contributed by atoms with van der Waals surface area (Å²) in [6, 6.07) is 5.67. The normalized spacial score (nSPS) is 23.9. The second-order valence-corrected chi connectivity index (χ2v) is 6.26. The molecule has 3 rings (SSSR count). The van der Waals surface area contributed by atoms with E-state index in [2.05, 4.69) is 0 Å². The molecule has 0 bridgehead atoms. The SMILES string of the molecule is CC1(C)OB([C@H](N)c2ccc3c(c2)OCO3)OC1(C)C. The van der Waals surface area contributed by atoms with Crippen molar-refractivity contribution < 1.29 is 18.8 Å². The number of benzene rings is 1. The number of fused-ring (bicyclic) bond motifs is 1. The summed E-state index contributed by atoms with van der Waals surface area (Å²) in [5.41, 5.74) is 6.43. The minimum absolute atomic E-state index is 0.254. The number of ether oxygens (including phenoxy) is 2. The van der Waals surface area contributed by atoms with E-state index in [0.29, 0.717) is 0 Å². The zero-order valence-corrected chi connectivity index (χ0v) is 12.3. The Morgan fingerprint density at radius 3 is 2.30 bits per heavy atom. The number of hydrogen-bond donors (Lipinski definition) is 1. The third kappa shape index (κ3) is 2.08. The van der Waals surface area contributed by atoms with E-state index in [1.54, 1.807) is 0 Å². The van der Waals surface area contributed by atoms with E-state index in [1.165, 1.54) is 0 Å². The Morgan fingerprint density at radius 2 is 1.65 bits per heavy atom. The van der Waals surface area contributed by atoms with Gasteiger partial charge in [0.05, 0.1) is 17.1 Å². The maximum absolute atomic E-state index is 6.29. The molecule has 0 spiro atoms. The van der Waals surface area contributed by atoms with Crippen LogP contribution in [0, 0.1) is 0 Å². The lowest BCUT2D eigenvalue weighted by Crippen LogP contribution is -2.41. The van der Waals surface area contributed by atoms with Crippen molar-refractivity contribution in [2.75, 3.05) is 6.79 Å². The van der Waals surface area contributed by atoms with Crippen molar-refractivity contribution in [1.29, 1.82) is 0 Å². The molecule has 2 aliphatic rings. The minimum Gasteiger partial charge on any atom is -0.454 e. The largest absolute Gasteiger partial charge is 0.480 e. The molecule has 2 heterocycles. The van der Waals surface area contributed by atoms with Gasteiger partial charge in [-0.15, -0.1) is 0 Å². The van der Waals surface area contributed by atoms with E-state index < -0.39 is 7.12 Å². The maximum atomic E-state index is 6.29. The Bertz CT molecular complexity index is 516. The molecular formula is C14H20BNO4. The summed E-state index contributed by atoms with van der Waals surface area (Å²) < 4.78 is 22.6. The van der Waals surface area contributed by atoms with Gasteiger partial charge in [-0.2, -0.15) is 0 Å². The molecule has 0 amide bonds. The van der Waals surface area contributed by atoms with Crippen molar-refractivity contribution in [1.82, 2.24) is 0 Å². The smallest absolute Gasteiger partial charge is 0.454 e. The molecule has 0 unspecified atom stereocenters. The summed E-state index contributed by atoms with van der Waals surface area (Å²) in [6.45, 7) is 8.31. The molecule has 1 saturated heterocycles. The molecule has 0 aliphatic carbocycles. The van der Waals surface area contributed by atoms with Crippen LogP contribution in [0.2, 0.25) is 0 Å². The van der Waals surface area contributed by atoms with E-state index >= 15 is 0 Å². The van der Waals surface area contributed by atoms with Crippen molar-refractivity contribution in [3.63, 3.8) is 0 Å². The molecular weight excluding hydrogens is 257 g/mol. The van der Waals surface area contributed by atoms with Gasteiger partial charge in [-0.05, 0) is 45.4 Å². The summed E-state index contributed by atoms with van der Waals surface area (Å²) in [5, 5.41) is 0. The number of rotatable bonds is 2. The van der Waals surface area contributed by atoms with Crippen LogP contribution in [-0.4, -0.2) is 25.1 Å². The average molecular weight is 277 g/mol. The second kappa shape index (κ2) is 4.38. The number of nitrogens with two attached hydrogens (primary N) is 1. The van der Waals surface area contributed by atoms with E-state index in [9.17, 15) is 0 Å². The first-order valence-corrected chi connectivity index (χ1v) is 6.81. The van der Waals surface area contributed by atoms with Crippen LogP contribution >= 0.6 is 0 Å². The average Bonchev–Trinajstić information content (AvgIpc) is 2.90. The van der Waals surface area contributed by atoms with Crippen molar-refractivity contribution >= 4 is 7.12 Å². The molecule has 1 aromatic carbocycles.